The van der Waals surface area contributed by atoms with Crippen molar-refractivity contribution in [3.8, 4) is 17.6 Å². The summed E-state index contributed by atoms with van der Waals surface area (Å²) in [5.41, 5.74) is 16.4. The second-order valence-electron chi connectivity index (χ2n) is 8.24. The molecule has 3 atom stereocenters. The van der Waals surface area contributed by atoms with Crippen molar-refractivity contribution < 1.29 is 13.5 Å². The van der Waals surface area contributed by atoms with Crippen LogP contribution >= 0.6 is 11.8 Å². The smallest absolute Gasteiger partial charge is 0.280 e. The predicted molar refractivity (Wildman–Crippen MR) is 134 cm³/mol. The van der Waals surface area contributed by atoms with Crippen molar-refractivity contribution in [2.24, 2.45) is 27.4 Å². The Balaban J connectivity index is 1.61. The van der Waals surface area contributed by atoms with E-state index in [1.807, 2.05) is 24.3 Å². The normalized spacial score (nSPS) is 22.8. The Hall–Kier alpha value is -3.14. The molecule has 1 fully saturated rings. The van der Waals surface area contributed by atoms with E-state index in [2.05, 4.69) is 37.6 Å². The van der Waals surface area contributed by atoms with Crippen LogP contribution in [0.1, 0.15) is 30.5 Å². The first-order valence-corrected chi connectivity index (χ1v) is 12.0. The van der Waals surface area contributed by atoms with Gasteiger partial charge in [0.05, 0.1) is 43.3 Å². The molecule has 2 aliphatic heterocycles. The summed E-state index contributed by atoms with van der Waals surface area (Å²) in [5, 5.41) is 5.02. The van der Waals surface area contributed by atoms with Gasteiger partial charge in [-0.05, 0) is 25.0 Å². The van der Waals surface area contributed by atoms with Crippen molar-refractivity contribution in [2.75, 3.05) is 20.7 Å². The molecule has 0 spiro atoms. The highest BCUT2D eigenvalue weighted by atomic mass is 32.2. The fourth-order valence-corrected chi connectivity index (χ4v) is 4.04. The molecule has 0 saturated heterocycles. The van der Waals surface area contributed by atoms with E-state index in [1.54, 1.807) is 6.21 Å². The van der Waals surface area contributed by atoms with Crippen molar-refractivity contribution in [2.45, 2.75) is 36.7 Å². The van der Waals surface area contributed by atoms with Gasteiger partial charge in [-0.1, -0.05) is 23.6 Å². The number of ether oxygens (including phenoxy) is 1. The lowest BCUT2D eigenvalue weighted by atomic mass is 10.0. The number of hydrogen-bond acceptors (Lipinski definition) is 9. The standard InChI is InChI=1S/C23H28F2N8OS/c1-33-8-7-15(32-33)17-10-28-18(11-30-23(27)35-20(26)6-5-13-3-4-13)21(31-17)14-9-16(22(24)25)29-12-19(14)34-2/h7-10,12-13,15,17,20,22,31-32H,3-4,11,26H2,1-2H3,(H2,27,30). The van der Waals surface area contributed by atoms with Crippen molar-refractivity contribution >= 4 is 28.8 Å². The summed E-state index contributed by atoms with van der Waals surface area (Å²) in [6.07, 6.45) is 6.42. The number of nitrogens with zero attached hydrogens (tertiary/aromatic N) is 4. The average molecular weight is 503 g/mol. The summed E-state index contributed by atoms with van der Waals surface area (Å²) in [6.45, 7) is 0.108. The van der Waals surface area contributed by atoms with Crippen molar-refractivity contribution in [1.82, 2.24) is 20.7 Å². The van der Waals surface area contributed by atoms with E-state index in [4.69, 9.17) is 16.2 Å². The van der Waals surface area contributed by atoms with E-state index in [-0.39, 0.29) is 29.5 Å². The van der Waals surface area contributed by atoms with Gasteiger partial charge in [-0.25, -0.2) is 14.2 Å². The van der Waals surface area contributed by atoms with Crippen LogP contribution in [-0.2, 0) is 0 Å². The van der Waals surface area contributed by atoms with Crippen molar-refractivity contribution in [3.63, 3.8) is 0 Å². The number of amidine groups is 1. The fourth-order valence-electron chi connectivity index (χ4n) is 3.51. The Bertz CT molecular complexity index is 1120. The topological polar surface area (TPSA) is 126 Å². The zero-order valence-electron chi connectivity index (χ0n) is 19.4. The van der Waals surface area contributed by atoms with Gasteiger partial charge in [0.2, 0.25) is 0 Å². The van der Waals surface area contributed by atoms with Crippen LogP contribution in [0.4, 0.5) is 8.78 Å². The van der Waals surface area contributed by atoms with Gasteiger partial charge in [0.15, 0.2) is 5.17 Å². The van der Waals surface area contributed by atoms with Crippen LogP contribution in [0.3, 0.4) is 0 Å². The molecule has 0 aromatic carbocycles. The third kappa shape index (κ3) is 6.50. The average Bonchev–Trinajstić information content (AvgIpc) is 3.59. The third-order valence-corrected chi connectivity index (χ3v) is 6.23. The second-order valence-corrected chi connectivity index (χ2v) is 9.41. The van der Waals surface area contributed by atoms with Gasteiger partial charge in [-0.2, -0.15) is 0 Å². The molecule has 186 valence electrons. The molecular weight excluding hydrogens is 474 g/mol. The zero-order chi connectivity index (χ0) is 24.9. The lowest BCUT2D eigenvalue weighted by Gasteiger charge is -2.29. The number of pyridine rings is 1. The molecule has 0 amide bonds. The van der Waals surface area contributed by atoms with Gasteiger partial charge < -0.3 is 26.5 Å². The first-order valence-electron chi connectivity index (χ1n) is 11.1. The first-order chi connectivity index (χ1) is 16.8. The summed E-state index contributed by atoms with van der Waals surface area (Å²) in [5.74, 6) is 6.88. The lowest BCUT2D eigenvalue weighted by molar-refractivity contribution is 0.146. The number of nitrogens with one attached hydrogen (secondary N) is 2. The zero-order valence-corrected chi connectivity index (χ0v) is 20.2. The van der Waals surface area contributed by atoms with Crippen molar-refractivity contribution in [1.29, 1.82) is 0 Å². The number of hydrazine groups is 1. The lowest BCUT2D eigenvalue weighted by Crippen LogP contribution is -2.49. The van der Waals surface area contributed by atoms with E-state index in [0.717, 1.165) is 12.8 Å². The summed E-state index contributed by atoms with van der Waals surface area (Å²) in [6, 6.07) is 0.971. The molecule has 1 aliphatic carbocycles. The quantitative estimate of drug-likeness (QED) is 0.193. The van der Waals surface area contributed by atoms with Crippen LogP contribution < -0.4 is 26.9 Å². The Morgan fingerprint density at radius 1 is 1.40 bits per heavy atom. The highest BCUT2D eigenvalue weighted by molar-refractivity contribution is 8.14. The highest BCUT2D eigenvalue weighted by Crippen LogP contribution is 2.32. The van der Waals surface area contributed by atoms with Crippen LogP contribution in [0, 0.1) is 17.8 Å². The molecule has 3 heterocycles. The van der Waals surface area contributed by atoms with Crippen LogP contribution in [0.2, 0.25) is 0 Å². The number of thioether (sulfide) groups is 1. The predicted octanol–water partition coefficient (Wildman–Crippen LogP) is 1.82. The van der Waals surface area contributed by atoms with Crippen molar-refractivity contribution in [3.05, 3.63) is 41.5 Å². The van der Waals surface area contributed by atoms with E-state index in [0.29, 0.717) is 28.6 Å². The van der Waals surface area contributed by atoms with Crippen LogP contribution in [0.15, 0.2) is 40.2 Å². The van der Waals surface area contributed by atoms with Crippen LogP contribution in [0.25, 0.3) is 5.70 Å². The van der Waals surface area contributed by atoms with Gasteiger partial charge in [-0.3, -0.25) is 15.0 Å². The van der Waals surface area contributed by atoms with Gasteiger partial charge in [0, 0.05) is 30.9 Å². The molecular formula is C23H28F2N8OS. The molecule has 1 aromatic rings. The molecule has 6 N–H and O–H groups in total. The molecule has 4 rings (SSSR count). The summed E-state index contributed by atoms with van der Waals surface area (Å²) < 4.78 is 32.3. The molecule has 0 radical (unpaired) electrons. The number of hydrogen-bond donors (Lipinski definition) is 4. The minimum atomic E-state index is -2.73. The summed E-state index contributed by atoms with van der Waals surface area (Å²) in [4.78, 5) is 12.8. The highest BCUT2D eigenvalue weighted by Gasteiger charge is 2.28. The van der Waals surface area contributed by atoms with Crippen LogP contribution in [0.5, 0.6) is 5.75 Å². The fraction of sp³-hybridized carbons (Fsp3) is 0.435. The minimum Gasteiger partial charge on any atom is -0.494 e. The van der Waals surface area contributed by atoms with Gasteiger partial charge in [0.1, 0.15) is 16.8 Å². The number of aromatic nitrogens is 1. The third-order valence-electron chi connectivity index (χ3n) is 5.49. The Morgan fingerprint density at radius 2 is 2.20 bits per heavy atom. The Morgan fingerprint density at radius 3 is 2.86 bits per heavy atom. The maximum Gasteiger partial charge on any atom is 0.280 e. The minimum absolute atomic E-state index is 0.0881. The number of nitrogens with two attached hydrogens (primary N) is 2. The molecule has 3 aliphatic rings. The molecule has 12 heteroatoms. The SMILES string of the molecule is COc1cnc(C(F)F)cc1C1=C(CN=C(N)SC(N)C#CC2CC2)N=CC(C2C=CN(C)N2)N1. The molecule has 3 unspecified atom stereocenters. The van der Waals surface area contributed by atoms with E-state index < -0.39 is 11.8 Å². The Labute approximate surface area is 207 Å². The number of alkyl halides is 2. The first kappa shape index (κ1) is 25.0. The molecule has 0 bridgehead atoms. The second kappa shape index (κ2) is 11.1. The monoisotopic (exact) mass is 502 g/mol. The molecule has 1 saturated carbocycles. The number of halogens is 2. The molecule has 9 nitrogen and oxygen atoms in total. The van der Waals surface area contributed by atoms with E-state index in [1.165, 1.54) is 31.1 Å². The number of rotatable bonds is 7. The number of aliphatic imine (C=N–C) groups is 2. The van der Waals surface area contributed by atoms with Gasteiger partial charge in [0.25, 0.3) is 6.43 Å². The number of methoxy groups -OCH3 is 1. The maximum atomic E-state index is 13.4. The van der Waals surface area contributed by atoms with Gasteiger partial charge >= 0.3 is 0 Å². The van der Waals surface area contributed by atoms with E-state index >= 15 is 0 Å². The van der Waals surface area contributed by atoms with Crippen LogP contribution in [-0.4, -0.2) is 59.5 Å². The Kier molecular flexibility index (Phi) is 7.90. The van der Waals surface area contributed by atoms with Gasteiger partial charge in [-0.15, -0.1) is 0 Å². The summed E-state index contributed by atoms with van der Waals surface area (Å²) in [7, 11) is 3.34. The molecule has 35 heavy (non-hydrogen) atoms. The summed E-state index contributed by atoms with van der Waals surface area (Å²) >= 11 is 1.17. The maximum absolute atomic E-state index is 13.4. The van der Waals surface area contributed by atoms with E-state index in [9.17, 15) is 8.78 Å². The molecule has 1 aromatic heterocycles. The largest absolute Gasteiger partial charge is 0.494 e.